The van der Waals surface area contributed by atoms with E-state index in [0.717, 1.165) is 21.5 Å². The van der Waals surface area contributed by atoms with E-state index in [4.69, 9.17) is 0 Å². The highest BCUT2D eigenvalue weighted by Crippen LogP contribution is 2.49. The third-order valence-corrected chi connectivity index (χ3v) is 6.95. The largest absolute Gasteiger partial charge is 0.207 e. The van der Waals surface area contributed by atoms with Crippen LogP contribution in [0, 0.1) is 17.2 Å². The molecule has 4 heteroatoms. The van der Waals surface area contributed by atoms with Crippen molar-refractivity contribution in [3.05, 3.63) is 34.1 Å². The lowest BCUT2D eigenvalue weighted by molar-refractivity contribution is 0.292. The summed E-state index contributed by atoms with van der Waals surface area (Å²) in [5.74, 6) is 2.86. The molecule has 0 bridgehead atoms. The Hall–Kier alpha value is 0.330. The highest BCUT2D eigenvalue weighted by atomic mass is 79.9. The first-order valence-electron chi connectivity index (χ1n) is 6.06. The molecular formula is C14H18BrFS2. The summed E-state index contributed by atoms with van der Waals surface area (Å²) in [7, 11) is 0. The fourth-order valence-electron chi connectivity index (χ4n) is 1.88. The quantitative estimate of drug-likeness (QED) is 0.635. The molecule has 0 radical (unpaired) electrons. The first-order chi connectivity index (χ1) is 8.38. The fraction of sp³-hybridized carbons (Fsp3) is 0.571. The smallest absolute Gasteiger partial charge is 0.129 e. The Morgan fingerprint density at radius 1 is 1.22 bits per heavy atom. The highest BCUT2D eigenvalue weighted by molar-refractivity contribution is 9.10. The van der Waals surface area contributed by atoms with E-state index in [2.05, 4.69) is 36.7 Å². The lowest BCUT2D eigenvalue weighted by Gasteiger charge is -2.36. The van der Waals surface area contributed by atoms with E-state index >= 15 is 0 Å². The van der Waals surface area contributed by atoms with Crippen LogP contribution in [0.25, 0.3) is 0 Å². The van der Waals surface area contributed by atoms with Crippen molar-refractivity contribution in [2.24, 2.45) is 11.3 Å². The van der Waals surface area contributed by atoms with Gasteiger partial charge < -0.3 is 0 Å². The van der Waals surface area contributed by atoms with E-state index in [1.807, 2.05) is 35.7 Å². The van der Waals surface area contributed by atoms with E-state index in [0.29, 0.717) is 11.3 Å². The molecule has 2 rings (SSSR count). The zero-order chi connectivity index (χ0) is 13.3. The molecule has 0 aliphatic carbocycles. The Balaban J connectivity index is 2.06. The summed E-state index contributed by atoms with van der Waals surface area (Å²) in [6.45, 7) is 6.87. The number of hydrogen-bond acceptors (Lipinski definition) is 2. The molecule has 0 N–H and O–H groups in total. The second-order valence-electron chi connectivity index (χ2n) is 5.73. The monoisotopic (exact) mass is 348 g/mol. The van der Waals surface area contributed by atoms with E-state index in [9.17, 15) is 4.39 Å². The number of rotatable bonds is 1. The number of hydrogen-bond donors (Lipinski definition) is 0. The predicted molar refractivity (Wildman–Crippen MR) is 84.7 cm³/mol. The maximum Gasteiger partial charge on any atom is 0.129 e. The third-order valence-electron chi connectivity index (χ3n) is 3.34. The Bertz CT molecular complexity index is 420. The Morgan fingerprint density at radius 3 is 2.33 bits per heavy atom. The van der Waals surface area contributed by atoms with Gasteiger partial charge in [-0.05, 0) is 35.0 Å². The van der Waals surface area contributed by atoms with Gasteiger partial charge in [0, 0.05) is 10.0 Å². The standard InChI is InChI=1S/C14H18BrFS2/c1-14(2,3)9-7-17-13(18-8-9)11-5-4-10(15)6-12(11)16/h4-6,9,13H,7-8H2,1-3H3. The van der Waals surface area contributed by atoms with Crippen LogP contribution in [0.15, 0.2) is 22.7 Å². The van der Waals surface area contributed by atoms with Gasteiger partial charge in [-0.2, -0.15) is 0 Å². The van der Waals surface area contributed by atoms with Crippen LogP contribution in [0.5, 0.6) is 0 Å². The third kappa shape index (κ3) is 3.45. The van der Waals surface area contributed by atoms with Gasteiger partial charge in [0.1, 0.15) is 5.82 Å². The molecule has 0 saturated carbocycles. The topological polar surface area (TPSA) is 0 Å². The molecule has 18 heavy (non-hydrogen) atoms. The van der Waals surface area contributed by atoms with Gasteiger partial charge in [-0.1, -0.05) is 42.8 Å². The Morgan fingerprint density at radius 2 is 1.83 bits per heavy atom. The van der Waals surface area contributed by atoms with E-state index < -0.39 is 0 Å². The van der Waals surface area contributed by atoms with Crippen LogP contribution < -0.4 is 0 Å². The Labute approximate surface area is 126 Å². The summed E-state index contributed by atoms with van der Waals surface area (Å²) in [6, 6.07) is 5.39. The number of thioether (sulfide) groups is 2. The summed E-state index contributed by atoms with van der Waals surface area (Å²) in [5.41, 5.74) is 1.18. The molecule has 0 amide bonds. The van der Waals surface area contributed by atoms with Crippen LogP contribution in [-0.4, -0.2) is 11.5 Å². The molecule has 0 atom stereocenters. The molecule has 1 aliphatic rings. The molecule has 1 heterocycles. The van der Waals surface area contributed by atoms with Crippen molar-refractivity contribution >= 4 is 39.5 Å². The number of halogens is 2. The van der Waals surface area contributed by atoms with Crippen molar-refractivity contribution in [3.63, 3.8) is 0 Å². The summed E-state index contributed by atoms with van der Waals surface area (Å²) in [4.78, 5) is 0. The van der Waals surface area contributed by atoms with Gasteiger partial charge in [0.15, 0.2) is 0 Å². The Kier molecular flexibility index (Phi) is 4.71. The molecule has 100 valence electrons. The highest BCUT2D eigenvalue weighted by Gasteiger charge is 2.31. The van der Waals surface area contributed by atoms with Crippen molar-refractivity contribution in [3.8, 4) is 0 Å². The molecule has 0 aromatic heterocycles. The van der Waals surface area contributed by atoms with E-state index in [1.54, 1.807) is 6.07 Å². The summed E-state index contributed by atoms with van der Waals surface area (Å²) in [6.07, 6.45) is 0. The molecule has 0 spiro atoms. The van der Waals surface area contributed by atoms with Crippen LogP contribution in [-0.2, 0) is 0 Å². The van der Waals surface area contributed by atoms with Crippen molar-refractivity contribution < 1.29 is 4.39 Å². The maximum atomic E-state index is 13.9. The average molecular weight is 349 g/mol. The summed E-state index contributed by atoms with van der Waals surface area (Å²) >= 11 is 7.06. The van der Waals surface area contributed by atoms with Gasteiger partial charge in [0.05, 0.1) is 4.58 Å². The molecule has 0 unspecified atom stereocenters. The van der Waals surface area contributed by atoms with Crippen LogP contribution in [0.1, 0.15) is 30.9 Å². The molecule has 1 fully saturated rings. The summed E-state index contributed by atoms with van der Waals surface area (Å²) < 4.78 is 15.0. The van der Waals surface area contributed by atoms with Gasteiger partial charge in [-0.25, -0.2) is 4.39 Å². The lowest BCUT2D eigenvalue weighted by atomic mass is 9.83. The SMILES string of the molecule is CC(C)(C)C1CSC(c2ccc(Br)cc2F)SC1. The van der Waals surface area contributed by atoms with Gasteiger partial charge in [-0.3, -0.25) is 0 Å². The molecule has 0 nitrogen and oxygen atoms in total. The summed E-state index contributed by atoms with van der Waals surface area (Å²) in [5, 5.41) is 0. The van der Waals surface area contributed by atoms with Crippen molar-refractivity contribution in [1.29, 1.82) is 0 Å². The van der Waals surface area contributed by atoms with E-state index in [-0.39, 0.29) is 10.4 Å². The zero-order valence-corrected chi connectivity index (χ0v) is 14.1. The average Bonchev–Trinajstić information content (AvgIpc) is 2.28. The van der Waals surface area contributed by atoms with E-state index in [1.165, 1.54) is 0 Å². The maximum absolute atomic E-state index is 13.9. The normalized spacial score (nSPS) is 25.2. The first kappa shape index (κ1) is 14.7. The fourth-order valence-corrected chi connectivity index (χ4v) is 6.01. The minimum Gasteiger partial charge on any atom is -0.207 e. The molecule has 1 aliphatic heterocycles. The first-order valence-corrected chi connectivity index (χ1v) is 8.95. The predicted octanol–water partition coefficient (Wildman–Crippen LogP) is 5.73. The van der Waals surface area contributed by atoms with Crippen LogP contribution in [0.3, 0.4) is 0 Å². The second kappa shape index (κ2) is 5.76. The van der Waals surface area contributed by atoms with Crippen LogP contribution in [0.4, 0.5) is 4.39 Å². The second-order valence-corrected chi connectivity index (χ2v) is 9.22. The number of benzene rings is 1. The molecule has 1 aromatic rings. The minimum absolute atomic E-state index is 0.0939. The van der Waals surface area contributed by atoms with Crippen molar-refractivity contribution in [2.45, 2.75) is 25.4 Å². The van der Waals surface area contributed by atoms with Crippen molar-refractivity contribution in [2.75, 3.05) is 11.5 Å². The lowest BCUT2D eigenvalue weighted by Crippen LogP contribution is -2.28. The van der Waals surface area contributed by atoms with Crippen LogP contribution in [0.2, 0.25) is 0 Å². The van der Waals surface area contributed by atoms with Gasteiger partial charge >= 0.3 is 0 Å². The van der Waals surface area contributed by atoms with Gasteiger partial charge in [0.2, 0.25) is 0 Å². The molecule has 1 aromatic carbocycles. The van der Waals surface area contributed by atoms with Gasteiger partial charge in [0.25, 0.3) is 0 Å². The van der Waals surface area contributed by atoms with Gasteiger partial charge in [-0.15, -0.1) is 23.5 Å². The van der Waals surface area contributed by atoms with Crippen LogP contribution >= 0.6 is 39.5 Å². The molecule has 1 saturated heterocycles. The zero-order valence-electron chi connectivity index (χ0n) is 10.9. The minimum atomic E-state index is -0.0939. The molecular weight excluding hydrogens is 331 g/mol. The van der Waals surface area contributed by atoms with Crippen molar-refractivity contribution in [1.82, 2.24) is 0 Å².